The van der Waals surface area contributed by atoms with Gasteiger partial charge in [0.1, 0.15) is 5.75 Å². The molecule has 1 aliphatic rings. The summed E-state index contributed by atoms with van der Waals surface area (Å²) in [7, 11) is 0. The zero-order chi connectivity index (χ0) is 16.1. The Kier molecular flexibility index (Phi) is 5.31. The number of phenols is 1. The topological polar surface area (TPSA) is 43.8 Å². The Balaban J connectivity index is 1.44. The van der Waals surface area contributed by atoms with Crippen molar-refractivity contribution >= 4 is 17.2 Å². The highest BCUT2D eigenvalue weighted by Gasteiger charge is 2.21. The summed E-state index contributed by atoms with van der Waals surface area (Å²) in [5, 5.41) is 11.9. The molecular formula is C18H22N2O2S. The number of hydrogen-bond acceptors (Lipinski definition) is 4. The average Bonchev–Trinajstić information content (AvgIpc) is 3.07. The number of benzene rings is 1. The molecule has 5 heteroatoms. The standard InChI is InChI=1S/C18H22N2O2S/c21-17-6-2-1-4-15(17)7-8-18(22)20-11-9-19(10-12-20)14-16-5-3-13-23-16/h1-6,13,21H,7-12,14H2. The molecular weight excluding hydrogens is 308 g/mol. The number of aryl methyl sites for hydroxylation is 1. The monoisotopic (exact) mass is 330 g/mol. The van der Waals surface area contributed by atoms with E-state index in [0.29, 0.717) is 12.8 Å². The number of carbonyl (C=O) groups excluding carboxylic acids is 1. The summed E-state index contributed by atoms with van der Waals surface area (Å²) in [4.78, 5) is 18.1. The van der Waals surface area contributed by atoms with E-state index in [1.54, 1.807) is 23.5 Å². The van der Waals surface area contributed by atoms with Gasteiger partial charge < -0.3 is 10.0 Å². The Labute approximate surface area is 141 Å². The molecule has 1 N–H and O–H groups in total. The molecule has 0 aliphatic carbocycles. The lowest BCUT2D eigenvalue weighted by molar-refractivity contribution is -0.132. The number of para-hydroxylation sites is 1. The van der Waals surface area contributed by atoms with Gasteiger partial charge in [0, 0.05) is 44.0 Å². The van der Waals surface area contributed by atoms with Crippen LogP contribution in [0.15, 0.2) is 41.8 Å². The number of amides is 1. The smallest absolute Gasteiger partial charge is 0.222 e. The fourth-order valence-corrected chi connectivity index (χ4v) is 3.65. The predicted octanol–water partition coefficient (Wildman–Crippen LogP) is 2.73. The SMILES string of the molecule is O=C(CCc1ccccc1O)N1CCN(Cc2cccs2)CC1. The Morgan fingerprint density at radius 3 is 2.57 bits per heavy atom. The van der Waals surface area contributed by atoms with Crippen molar-refractivity contribution in [2.75, 3.05) is 26.2 Å². The molecule has 1 aliphatic heterocycles. The minimum absolute atomic E-state index is 0.184. The van der Waals surface area contributed by atoms with Crippen molar-refractivity contribution in [1.29, 1.82) is 0 Å². The van der Waals surface area contributed by atoms with E-state index < -0.39 is 0 Å². The first-order valence-corrected chi connectivity index (χ1v) is 8.90. The zero-order valence-corrected chi connectivity index (χ0v) is 14.0. The average molecular weight is 330 g/mol. The second-order valence-corrected chi connectivity index (χ2v) is 6.90. The number of carbonyl (C=O) groups is 1. The highest BCUT2D eigenvalue weighted by molar-refractivity contribution is 7.09. The van der Waals surface area contributed by atoms with E-state index in [4.69, 9.17) is 0 Å². The van der Waals surface area contributed by atoms with E-state index >= 15 is 0 Å². The van der Waals surface area contributed by atoms with Crippen molar-refractivity contribution < 1.29 is 9.90 Å². The molecule has 1 aromatic heterocycles. The number of nitrogens with zero attached hydrogens (tertiary/aromatic N) is 2. The maximum absolute atomic E-state index is 12.3. The molecule has 2 heterocycles. The van der Waals surface area contributed by atoms with Gasteiger partial charge in [0.2, 0.25) is 5.91 Å². The van der Waals surface area contributed by atoms with E-state index in [9.17, 15) is 9.90 Å². The second kappa shape index (κ2) is 7.62. The summed E-state index contributed by atoms with van der Waals surface area (Å²) >= 11 is 1.78. The molecule has 0 saturated carbocycles. The number of hydrogen-bond donors (Lipinski definition) is 1. The molecule has 122 valence electrons. The first kappa shape index (κ1) is 16.0. The Morgan fingerprint density at radius 1 is 1.09 bits per heavy atom. The van der Waals surface area contributed by atoms with Crippen molar-refractivity contribution in [3.8, 4) is 5.75 Å². The van der Waals surface area contributed by atoms with Crippen LogP contribution in [-0.4, -0.2) is 47.0 Å². The molecule has 1 fully saturated rings. The minimum Gasteiger partial charge on any atom is -0.508 e. The van der Waals surface area contributed by atoms with Crippen molar-refractivity contribution in [2.24, 2.45) is 0 Å². The van der Waals surface area contributed by atoms with Crippen LogP contribution in [-0.2, 0) is 17.8 Å². The molecule has 0 spiro atoms. The van der Waals surface area contributed by atoms with E-state index in [0.717, 1.165) is 38.3 Å². The number of aromatic hydroxyl groups is 1. The molecule has 1 amide bonds. The fraction of sp³-hybridized carbons (Fsp3) is 0.389. The fourth-order valence-electron chi connectivity index (χ4n) is 2.90. The number of thiophene rings is 1. The van der Waals surface area contributed by atoms with Crippen LogP contribution < -0.4 is 0 Å². The molecule has 1 saturated heterocycles. The summed E-state index contributed by atoms with van der Waals surface area (Å²) in [5.41, 5.74) is 0.845. The maximum Gasteiger partial charge on any atom is 0.222 e. The molecule has 3 rings (SSSR count). The van der Waals surface area contributed by atoms with Gasteiger partial charge >= 0.3 is 0 Å². The van der Waals surface area contributed by atoms with Crippen molar-refractivity contribution in [2.45, 2.75) is 19.4 Å². The molecule has 1 aromatic carbocycles. The van der Waals surface area contributed by atoms with Gasteiger partial charge in [0.25, 0.3) is 0 Å². The Morgan fingerprint density at radius 2 is 1.87 bits per heavy atom. The summed E-state index contributed by atoms with van der Waals surface area (Å²) in [6.07, 6.45) is 1.06. The second-order valence-electron chi connectivity index (χ2n) is 5.87. The van der Waals surface area contributed by atoms with Gasteiger partial charge in [0.05, 0.1) is 0 Å². The van der Waals surface area contributed by atoms with Crippen LogP contribution in [0, 0.1) is 0 Å². The number of rotatable bonds is 5. The molecule has 2 aromatic rings. The molecule has 0 bridgehead atoms. The van der Waals surface area contributed by atoms with Gasteiger partial charge in [0.15, 0.2) is 0 Å². The molecule has 0 unspecified atom stereocenters. The van der Waals surface area contributed by atoms with Gasteiger partial charge in [-0.15, -0.1) is 11.3 Å². The van der Waals surface area contributed by atoms with E-state index in [-0.39, 0.29) is 11.7 Å². The quantitative estimate of drug-likeness (QED) is 0.917. The van der Waals surface area contributed by atoms with Crippen molar-refractivity contribution in [3.63, 3.8) is 0 Å². The van der Waals surface area contributed by atoms with Crippen LogP contribution in [0.3, 0.4) is 0 Å². The molecule has 0 radical (unpaired) electrons. The summed E-state index contributed by atoms with van der Waals surface area (Å²) in [5.74, 6) is 0.463. The third-order valence-corrected chi connectivity index (χ3v) is 5.15. The van der Waals surface area contributed by atoms with Gasteiger partial charge in [-0.25, -0.2) is 0 Å². The third kappa shape index (κ3) is 4.33. The maximum atomic E-state index is 12.3. The predicted molar refractivity (Wildman–Crippen MR) is 92.6 cm³/mol. The van der Waals surface area contributed by atoms with Crippen LogP contribution in [0.5, 0.6) is 5.75 Å². The van der Waals surface area contributed by atoms with Gasteiger partial charge in [-0.3, -0.25) is 9.69 Å². The summed E-state index contributed by atoms with van der Waals surface area (Å²) in [6.45, 7) is 4.44. The van der Waals surface area contributed by atoms with Crippen molar-refractivity contribution in [3.05, 3.63) is 52.2 Å². The van der Waals surface area contributed by atoms with Gasteiger partial charge in [-0.2, -0.15) is 0 Å². The molecule has 4 nitrogen and oxygen atoms in total. The van der Waals surface area contributed by atoms with E-state index in [1.165, 1.54) is 4.88 Å². The summed E-state index contributed by atoms with van der Waals surface area (Å²) < 4.78 is 0. The van der Waals surface area contributed by atoms with Crippen LogP contribution >= 0.6 is 11.3 Å². The Hall–Kier alpha value is -1.85. The lowest BCUT2D eigenvalue weighted by Crippen LogP contribution is -2.48. The van der Waals surface area contributed by atoms with Crippen molar-refractivity contribution in [1.82, 2.24) is 9.80 Å². The number of piperazine rings is 1. The first-order valence-electron chi connectivity index (χ1n) is 8.02. The highest BCUT2D eigenvalue weighted by Crippen LogP contribution is 2.18. The Bertz CT molecular complexity index is 634. The molecule has 0 atom stereocenters. The third-order valence-electron chi connectivity index (χ3n) is 4.28. The van der Waals surface area contributed by atoms with Crippen LogP contribution in [0.4, 0.5) is 0 Å². The lowest BCUT2D eigenvalue weighted by Gasteiger charge is -2.34. The first-order chi connectivity index (χ1) is 11.2. The largest absolute Gasteiger partial charge is 0.508 e. The van der Waals surface area contributed by atoms with Crippen LogP contribution in [0.25, 0.3) is 0 Å². The normalized spacial score (nSPS) is 15.7. The lowest BCUT2D eigenvalue weighted by atomic mass is 10.1. The molecule has 23 heavy (non-hydrogen) atoms. The van der Waals surface area contributed by atoms with E-state index in [1.807, 2.05) is 17.0 Å². The summed E-state index contributed by atoms with van der Waals surface area (Å²) in [6, 6.07) is 11.5. The minimum atomic E-state index is 0.184. The van der Waals surface area contributed by atoms with Gasteiger partial charge in [-0.1, -0.05) is 24.3 Å². The van der Waals surface area contributed by atoms with Gasteiger partial charge in [-0.05, 0) is 29.5 Å². The van der Waals surface area contributed by atoms with Crippen LogP contribution in [0.2, 0.25) is 0 Å². The highest BCUT2D eigenvalue weighted by atomic mass is 32.1. The van der Waals surface area contributed by atoms with Crippen LogP contribution in [0.1, 0.15) is 16.9 Å². The number of phenolic OH excluding ortho intramolecular Hbond substituents is 1. The van der Waals surface area contributed by atoms with E-state index in [2.05, 4.69) is 22.4 Å². The zero-order valence-electron chi connectivity index (χ0n) is 13.1.